The number of nitrogens with one attached hydrogen (secondary N) is 1. The molecule has 4 rings (SSSR count). The summed E-state index contributed by atoms with van der Waals surface area (Å²) in [7, 11) is 2.16. The average Bonchev–Trinajstić information content (AvgIpc) is 3.24. The maximum Gasteiger partial charge on any atom is 0.234 e. The lowest BCUT2D eigenvalue weighted by Crippen LogP contribution is -2.44. The molecule has 1 aliphatic rings. The van der Waals surface area contributed by atoms with Crippen molar-refractivity contribution in [3.8, 4) is 5.69 Å². The van der Waals surface area contributed by atoms with Gasteiger partial charge in [-0.1, -0.05) is 23.9 Å². The Morgan fingerprint density at radius 2 is 1.81 bits per heavy atom. The Balaban J connectivity index is 1.34. The Labute approximate surface area is 188 Å². The summed E-state index contributed by atoms with van der Waals surface area (Å²) in [4.78, 5) is 21.7. The molecular weight excluding hydrogens is 406 g/mol. The Hall–Kier alpha value is -2.77. The topological polar surface area (TPSA) is 53.4 Å². The summed E-state index contributed by atoms with van der Waals surface area (Å²) < 4.78 is 2.05. The van der Waals surface area contributed by atoms with Crippen molar-refractivity contribution in [1.29, 1.82) is 0 Å². The second kappa shape index (κ2) is 9.58. The number of benzene rings is 2. The van der Waals surface area contributed by atoms with E-state index < -0.39 is 0 Å². The van der Waals surface area contributed by atoms with Gasteiger partial charge >= 0.3 is 0 Å². The fourth-order valence-corrected chi connectivity index (χ4v) is 4.49. The van der Waals surface area contributed by atoms with E-state index in [1.165, 1.54) is 28.6 Å². The minimum absolute atomic E-state index is 0.0344. The number of nitrogens with zero attached hydrogens (tertiary/aromatic N) is 4. The van der Waals surface area contributed by atoms with Crippen LogP contribution >= 0.6 is 11.8 Å². The summed E-state index contributed by atoms with van der Waals surface area (Å²) in [6.45, 7) is 8.43. The van der Waals surface area contributed by atoms with Gasteiger partial charge in [0.05, 0.1) is 11.4 Å². The third kappa shape index (κ3) is 5.11. The molecule has 0 radical (unpaired) electrons. The van der Waals surface area contributed by atoms with Gasteiger partial charge in [-0.3, -0.25) is 9.36 Å². The summed E-state index contributed by atoms with van der Waals surface area (Å²) in [5.74, 6) is 0.273. The van der Waals surface area contributed by atoms with Crippen molar-refractivity contribution >= 4 is 29.0 Å². The van der Waals surface area contributed by atoms with Crippen LogP contribution in [0.15, 0.2) is 60.0 Å². The Bertz CT molecular complexity index is 1040. The number of aromatic nitrogens is 2. The van der Waals surface area contributed by atoms with Crippen molar-refractivity contribution < 1.29 is 4.79 Å². The molecule has 1 fully saturated rings. The van der Waals surface area contributed by atoms with Crippen molar-refractivity contribution in [2.75, 3.05) is 49.2 Å². The highest BCUT2D eigenvalue weighted by molar-refractivity contribution is 7.99. The van der Waals surface area contributed by atoms with Crippen molar-refractivity contribution in [1.82, 2.24) is 14.5 Å². The van der Waals surface area contributed by atoms with Gasteiger partial charge in [-0.05, 0) is 62.4 Å². The van der Waals surface area contributed by atoms with Gasteiger partial charge in [0.1, 0.15) is 0 Å². The van der Waals surface area contributed by atoms with Gasteiger partial charge in [0.2, 0.25) is 5.91 Å². The molecule has 1 N–H and O–H groups in total. The monoisotopic (exact) mass is 435 g/mol. The van der Waals surface area contributed by atoms with Crippen LogP contribution in [0.2, 0.25) is 0 Å². The molecule has 7 heteroatoms. The van der Waals surface area contributed by atoms with Crippen LogP contribution in [0.1, 0.15) is 11.1 Å². The van der Waals surface area contributed by atoms with Gasteiger partial charge in [0.25, 0.3) is 0 Å². The normalized spacial score (nSPS) is 14.6. The van der Waals surface area contributed by atoms with Crippen LogP contribution in [0.4, 0.5) is 11.4 Å². The number of likely N-dealkylation sites (N-methyl/N-ethyl adjacent to an activating group) is 1. The Morgan fingerprint density at radius 1 is 1.06 bits per heavy atom. The second-order valence-electron chi connectivity index (χ2n) is 7.97. The third-order valence-electron chi connectivity index (χ3n) is 5.79. The number of imidazole rings is 1. The molecule has 162 valence electrons. The molecule has 1 saturated heterocycles. The van der Waals surface area contributed by atoms with E-state index in [0.717, 1.165) is 42.7 Å². The predicted octanol–water partition coefficient (Wildman–Crippen LogP) is 3.97. The molecule has 2 heterocycles. The smallest absolute Gasteiger partial charge is 0.234 e. The number of aryl methyl sites for hydroxylation is 1. The van der Waals surface area contributed by atoms with E-state index in [2.05, 4.69) is 65.3 Å². The number of hydrogen-bond donors (Lipinski definition) is 1. The lowest BCUT2D eigenvalue weighted by molar-refractivity contribution is -0.113. The zero-order chi connectivity index (χ0) is 21.8. The molecular formula is C24H29N5OS. The summed E-state index contributed by atoms with van der Waals surface area (Å²) in [6, 6.07) is 14.4. The number of piperazine rings is 1. The lowest BCUT2D eigenvalue weighted by Gasteiger charge is -2.34. The van der Waals surface area contributed by atoms with E-state index in [9.17, 15) is 4.79 Å². The number of carbonyl (C=O) groups excluding carboxylic acids is 1. The summed E-state index contributed by atoms with van der Waals surface area (Å²) in [6.07, 6.45) is 3.72. The van der Waals surface area contributed by atoms with Crippen molar-refractivity contribution in [2.45, 2.75) is 19.0 Å². The van der Waals surface area contributed by atoms with Crippen LogP contribution in [0.5, 0.6) is 0 Å². The quantitative estimate of drug-likeness (QED) is 0.594. The first kappa shape index (κ1) is 21.5. The molecule has 0 saturated carbocycles. The van der Waals surface area contributed by atoms with Crippen LogP contribution in [0, 0.1) is 13.8 Å². The van der Waals surface area contributed by atoms with Gasteiger partial charge in [0.15, 0.2) is 5.16 Å². The molecule has 6 nitrogen and oxygen atoms in total. The van der Waals surface area contributed by atoms with E-state index in [0.29, 0.717) is 5.75 Å². The second-order valence-corrected chi connectivity index (χ2v) is 8.92. The molecule has 1 amide bonds. The van der Waals surface area contributed by atoms with E-state index in [-0.39, 0.29) is 5.91 Å². The maximum absolute atomic E-state index is 12.5. The number of amides is 1. The molecule has 0 atom stereocenters. The SMILES string of the molecule is Cc1cccc(-n2ccnc2SCC(=O)Nc2ccc(N3CCN(C)CC3)cc2)c1C. The number of hydrogen-bond acceptors (Lipinski definition) is 5. The molecule has 0 spiro atoms. The lowest BCUT2D eigenvalue weighted by atomic mass is 10.1. The maximum atomic E-state index is 12.5. The largest absolute Gasteiger partial charge is 0.369 e. The zero-order valence-electron chi connectivity index (χ0n) is 18.3. The van der Waals surface area contributed by atoms with Crippen molar-refractivity contribution in [3.05, 3.63) is 66.0 Å². The number of anilines is 2. The van der Waals surface area contributed by atoms with Crippen LogP contribution in [-0.4, -0.2) is 59.3 Å². The molecule has 1 aromatic heterocycles. The van der Waals surface area contributed by atoms with Crippen LogP contribution in [0.25, 0.3) is 5.69 Å². The number of rotatable bonds is 6. The van der Waals surface area contributed by atoms with Crippen LogP contribution in [-0.2, 0) is 4.79 Å². The van der Waals surface area contributed by atoms with E-state index in [4.69, 9.17) is 0 Å². The highest BCUT2D eigenvalue weighted by Gasteiger charge is 2.15. The number of thioether (sulfide) groups is 1. The van der Waals surface area contributed by atoms with Crippen molar-refractivity contribution in [2.24, 2.45) is 0 Å². The third-order valence-corrected chi connectivity index (χ3v) is 6.76. The molecule has 0 unspecified atom stereocenters. The van der Waals surface area contributed by atoms with E-state index in [1.807, 2.05) is 29.0 Å². The molecule has 31 heavy (non-hydrogen) atoms. The van der Waals surface area contributed by atoms with Gasteiger partial charge < -0.3 is 15.1 Å². The average molecular weight is 436 g/mol. The standard InChI is InChI=1S/C24H29N5OS/c1-18-5-4-6-22(19(18)2)29-12-11-25-24(29)31-17-23(30)26-20-7-9-21(10-8-20)28-15-13-27(3)14-16-28/h4-12H,13-17H2,1-3H3,(H,26,30). The van der Waals surface area contributed by atoms with Gasteiger partial charge in [-0.15, -0.1) is 0 Å². The van der Waals surface area contributed by atoms with Crippen LogP contribution < -0.4 is 10.2 Å². The molecule has 1 aliphatic heterocycles. The van der Waals surface area contributed by atoms with Gasteiger partial charge in [0, 0.05) is 49.9 Å². The fourth-order valence-electron chi connectivity index (χ4n) is 3.72. The van der Waals surface area contributed by atoms with E-state index >= 15 is 0 Å². The summed E-state index contributed by atoms with van der Waals surface area (Å²) in [5, 5.41) is 3.81. The van der Waals surface area contributed by atoms with Gasteiger partial charge in [-0.2, -0.15) is 0 Å². The van der Waals surface area contributed by atoms with Crippen LogP contribution in [0.3, 0.4) is 0 Å². The van der Waals surface area contributed by atoms with Gasteiger partial charge in [-0.25, -0.2) is 4.98 Å². The predicted molar refractivity (Wildman–Crippen MR) is 129 cm³/mol. The first-order valence-electron chi connectivity index (χ1n) is 10.6. The van der Waals surface area contributed by atoms with Crippen molar-refractivity contribution in [3.63, 3.8) is 0 Å². The summed E-state index contributed by atoms with van der Waals surface area (Å²) >= 11 is 1.44. The van der Waals surface area contributed by atoms with E-state index in [1.54, 1.807) is 6.20 Å². The number of carbonyl (C=O) groups is 1. The first-order chi connectivity index (χ1) is 15.0. The molecule has 3 aromatic rings. The first-order valence-corrected chi connectivity index (χ1v) is 11.6. The molecule has 2 aromatic carbocycles. The fraction of sp³-hybridized carbons (Fsp3) is 0.333. The molecule has 0 bridgehead atoms. The Kier molecular flexibility index (Phi) is 6.63. The highest BCUT2D eigenvalue weighted by atomic mass is 32.2. The molecule has 0 aliphatic carbocycles. The Morgan fingerprint density at radius 3 is 2.55 bits per heavy atom. The minimum Gasteiger partial charge on any atom is -0.369 e. The zero-order valence-corrected chi connectivity index (χ0v) is 19.2. The summed E-state index contributed by atoms with van der Waals surface area (Å²) in [5.41, 5.74) is 5.57. The highest BCUT2D eigenvalue weighted by Crippen LogP contribution is 2.25. The minimum atomic E-state index is -0.0344.